The van der Waals surface area contributed by atoms with Gasteiger partial charge >= 0.3 is 0 Å². The molecule has 0 atom stereocenters. The molecule has 1 heterocycles. The number of amides is 1. The molecule has 3 rings (SSSR count). The molecule has 0 saturated heterocycles. The number of carbonyl (C=O) groups is 1. The van der Waals surface area contributed by atoms with Crippen LogP contribution in [0.1, 0.15) is 18.1 Å². The monoisotopic (exact) mass is 346 g/mol. The van der Waals surface area contributed by atoms with Crippen molar-refractivity contribution in [1.82, 2.24) is 9.88 Å². The fourth-order valence-corrected chi connectivity index (χ4v) is 2.83. The first-order valence-electron chi connectivity index (χ1n) is 8.65. The van der Waals surface area contributed by atoms with Gasteiger partial charge in [0, 0.05) is 36.3 Å². The highest BCUT2D eigenvalue weighted by molar-refractivity contribution is 5.95. The number of nitrogens with zero attached hydrogens (tertiary/aromatic N) is 2. The first-order valence-corrected chi connectivity index (χ1v) is 8.65. The molecule has 0 aliphatic rings. The molecular weight excluding hydrogens is 324 g/mol. The zero-order chi connectivity index (χ0) is 18.4. The van der Waals surface area contributed by atoms with Gasteiger partial charge in [0.15, 0.2) is 0 Å². The van der Waals surface area contributed by atoms with Crippen molar-refractivity contribution in [2.24, 2.45) is 0 Å². The van der Waals surface area contributed by atoms with E-state index in [4.69, 9.17) is 4.74 Å². The van der Waals surface area contributed by atoms with Gasteiger partial charge in [-0.15, -0.1) is 0 Å². The van der Waals surface area contributed by atoms with Crippen LogP contribution in [0, 0.1) is 0 Å². The fourth-order valence-electron chi connectivity index (χ4n) is 2.83. The van der Waals surface area contributed by atoms with Crippen LogP contribution in [0.5, 0.6) is 5.75 Å². The summed E-state index contributed by atoms with van der Waals surface area (Å²) in [5.74, 6) is 0.794. The minimum atomic E-state index is -0.0174. The van der Waals surface area contributed by atoms with Gasteiger partial charge in [-0.1, -0.05) is 36.4 Å². The Morgan fingerprint density at radius 3 is 2.62 bits per heavy atom. The van der Waals surface area contributed by atoms with E-state index in [9.17, 15) is 4.79 Å². The Morgan fingerprint density at radius 2 is 1.88 bits per heavy atom. The predicted octanol–water partition coefficient (Wildman–Crippen LogP) is 4.31. The Labute approximate surface area is 153 Å². The van der Waals surface area contributed by atoms with Crippen LogP contribution in [0.15, 0.2) is 66.9 Å². The van der Waals surface area contributed by atoms with E-state index in [-0.39, 0.29) is 5.91 Å². The van der Waals surface area contributed by atoms with Gasteiger partial charge in [-0.2, -0.15) is 0 Å². The van der Waals surface area contributed by atoms with E-state index < -0.39 is 0 Å². The number of pyridine rings is 1. The highest BCUT2D eigenvalue weighted by atomic mass is 16.5. The van der Waals surface area contributed by atoms with Gasteiger partial charge in [0.1, 0.15) is 5.75 Å². The molecule has 3 aromatic rings. The van der Waals surface area contributed by atoms with E-state index in [0.29, 0.717) is 13.1 Å². The van der Waals surface area contributed by atoms with Crippen LogP contribution in [0.2, 0.25) is 0 Å². The lowest BCUT2D eigenvalue weighted by atomic mass is 10.1. The molecule has 0 aliphatic carbocycles. The average Bonchev–Trinajstić information content (AvgIpc) is 2.70. The predicted molar refractivity (Wildman–Crippen MR) is 105 cm³/mol. The molecule has 4 nitrogen and oxygen atoms in total. The SMILES string of the molecule is CCN(Cc1ccc(OC)cc1)C(=O)/C=C/c1cccc2cccnc12. The number of fused-ring (bicyclic) bond motifs is 1. The number of benzene rings is 2. The molecule has 132 valence electrons. The van der Waals surface area contributed by atoms with Gasteiger partial charge in [0.05, 0.1) is 12.6 Å². The van der Waals surface area contributed by atoms with Crippen LogP contribution in [0.25, 0.3) is 17.0 Å². The van der Waals surface area contributed by atoms with E-state index in [1.165, 1.54) is 0 Å². The number of aromatic nitrogens is 1. The molecular formula is C22H22N2O2. The topological polar surface area (TPSA) is 42.4 Å². The zero-order valence-corrected chi connectivity index (χ0v) is 15.1. The van der Waals surface area contributed by atoms with E-state index in [1.807, 2.05) is 67.6 Å². The lowest BCUT2D eigenvalue weighted by molar-refractivity contribution is -0.126. The van der Waals surface area contributed by atoms with Crippen LogP contribution in [-0.4, -0.2) is 29.4 Å². The van der Waals surface area contributed by atoms with Crippen molar-refractivity contribution >= 4 is 22.9 Å². The van der Waals surface area contributed by atoms with Crippen molar-refractivity contribution in [2.75, 3.05) is 13.7 Å². The maximum Gasteiger partial charge on any atom is 0.246 e. The van der Waals surface area contributed by atoms with Crippen LogP contribution >= 0.6 is 0 Å². The van der Waals surface area contributed by atoms with Crippen molar-refractivity contribution in [3.63, 3.8) is 0 Å². The van der Waals surface area contributed by atoms with Gasteiger partial charge in [-0.05, 0) is 36.8 Å². The standard InChI is InChI=1S/C22H22N2O2/c1-3-24(16-17-9-12-20(26-2)13-10-17)21(25)14-11-19-7-4-6-18-8-5-15-23-22(18)19/h4-15H,3,16H2,1-2H3/b14-11+. The van der Waals surface area contributed by atoms with Crippen molar-refractivity contribution < 1.29 is 9.53 Å². The molecule has 0 saturated carbocycles. The minimum Gasteiger partial charge on any atom is -0.497 e. The van der Waals surface area contributed by atoms with Gasteiger partial charge < -0.3 is 9.64 Å². The average molecular weight is 346 g/mol. The summed E-state index contributed by atoms with van der Waals surface area (Å²) in [4.78, 5) is 18.8. The summed E-state index contributed by atoms with van der Waals surface area (Å²) in [6, 6.07) is 17.7. The van der Waals surface area contributed by atoms with Crippen molar-refractivity contribution in [3.8, 4) is 5.75 Å². The molecule has 2 aromatic carbocycles. The maximum absolute atomic E-state index is 12.6. The molecule has 0 spiro atoms. The molecule has 4 heteroatoms. The summed E-state index contributed by atoms with van der Waals surface area (Å²) >= 11 is 0. The third-order valence-corrected chi connectivity index (χ3v) is 4.30. The van der Waals surface area contributed by atoms with E-state index in [2.05, 4.69) is 4.98 Å². The highest BCUT2D eigenvalue weighted by Crippen LogP contribution is 2.18. The summed E-state index contributed by atoms with van der Waals surface area (Å²) in [5.41, 5.74) is 2.91. The van der Waals surface area contributed by atoms with E-state index in [1.54, 1.807) is 24.3 Å². The lowest BCUT2D eigenvalue weighted by Gasteiger charge is -2.19. The fraction of sp³-hybridized carbons (Fsp3) is 0.182. The number of carbonyl (C=O) groups excluding carboxylic acids is 1. The van der Waals surface area contributed by atoms with Gasteiger partial charge in [0.2, 0.25) is 5.91 Å². The van der Waals surface area contributed by atoms with Gasteiger partial charge in [-0.3, -0.25) is 9.78 Å². The second-order valence-corrected chi connectivity index (χ2v) is 5.96. The number of ether oxygens (including phenoxy) is 1. The molecule has 1 amide bonds. The Hall–Kier alpha value is -3.14. The maximum atomic E-state index is 12.6. The Bertz CT molecular complexity index is 912. The zero-order valence-electron chi connectivity index (χ0n) is 15.1. The summed E-state index contributed by atoms with van der Waals surface area (Å²) in [5, 5.41) is 1.06. The molecule has 1 aromatic heterocycles. The number of hydrogen-bond acceptors (Lipinski definition) is 3. The summed E-state index contributed by atoms with van der Waals surface area (Å²) in [7, 11) is 1.64. The molecule has 26 heavy (non-hydrogen) atoms. The Balaban J connectivity index is 1.74. The second-order valence-electron chi connectivity index (χ2n) is 5.96. The number of rotatable bonds is 6. The smallest absolute Gasteiger partial charge is 0.246 e. The minimum absolute atomic E-state index is 0.0174. The quantitative estimate of drug-likeness (QED) is 0.625. The highest BCUT2D eigenvalue weighted by Gasteiger charge is 2.09. The summed E-state index contributed by atoms with van der Waals surface area (Å²) in [6.45, 7) is 3.19. The first kappa shape index (κ1) is 17.7. The van der Waals surface area contributed by atoms with Crippen molar-refractivity contribution in [2.45, 2.75) is 13.5 Å². The third kappa shape index (κ3) is 4.09. The normalized spacial score (nSPS) is 11.0. The van der Waals surface area contributed by atoms with Crippen LogP contribution in [0.3, 0.4) is 0 Å². The van der Waals surface area contributed by atoms with E-state index >= 15 is 0 Å². The Kier molecular flexibility index (Phi) is 5.64. The number of methoxy groups -OCH3 is 1. The summed E-state index contributed by atoms with van der Waals surface area (Å²) in [6.07, 6.45) is 5.23. The number of para-hydroxylation sites is 1. The van der Waals surface area contributed by atoms with Crippen LogP contribution in [-0.2, 0) is 11.3 Å². The molecule has 0 radical (unpaired) electrons. The molecule has 0 aliphatic heterocycles. The molecule has 0 unspecified atom stereocenters. The molecule has 0 bridgehead atoms. The molecule has 0 fully saturated rings. The van der Waals surface area contributed by atoms with E-state index in [0.717, 1.165) is 27.8 Å². The Morgan fingerprint density at radius 1 is 1.12 bits per heavy atom. The molecule has 0 N–H and O–H groups in total. The number of hydrogen-bond donors (Lipinski definition) is 0. The third-order valence-electron chi connectivity index (χ3n) is 4.30. The van der Waals surface area contributed by atoms with Crippen LogP contribution < -0.4 is 4.74 Å². The first-order chi connectivity index (χ1) is 12.7. The second kappa shape index (κ2) is 8.30. The van der Waals surface area contributed by atoms with Gasteiger partial charge in [-0.25, -0.2) is 0 Å². The van der Waals surface area contributed by atoms with Gasteiger partial charge in [0.25, 0.3) is 0 Å². The lowest BCUT2D eigenvalue weighted by Crippen LogP contribution is -2.28. The number of likely N-dealkylation sites (N-methyl/N-ethyl adjacent to an activating group) is 1. The summed E-state index contributed by atoms with van der Waals surface area (Å²) < 4.78 is 5.17. The largest absolute Gasteiger partial charge is 0.497 e. The van der Waals surface area contributed by atoms with Crippen molar-refractivity contribution in [1.29, 1.82) is 0 Å². The van der Waals surface area contributed by atoms with Crippen molar-refractivity contribution in [3.05, 3.63) is 78.0 Å². The van der Waals surface area contributed by atoms with Crippen LogP contribution in [0.4, 0.5) is 0 Å².